The third kappa shape index (κ3) is 6.07. The van der Waals surface area contributed by atoms with E-state index < -0.39 is 50.0 Å². The van der Waals surface area contributed by atoms with Gasteiger partial charge in [0.1, 0.15) is 0 Å². The van der Waals surface area contributed by atoms with E-state index in [0.29, 0.717) is 6.07 Å². The number of benzene rings is 2. The Hall–Kier alpha value is -2.64. The predicted molar refractivity (Wildman–Crippen MR) is 111 cm³/mol. The van der Waals surface area contributed by atoms with Gasteiger partial charge in [-0.2, -0.15) is 30.6 Å². The van der Waals surface area contributed by atoms with Crippen molar-refractivity contribution < 1.29 is 39.6 Å². The number of amides is 1. The second-order valence-corrected chi connectivity index (χ2v) is 9.53. The standard InChI is InChI=1S/C21H21F6N3O3S/c22-20(23,24)15-6-1-3-8-17(15)28-19(31)14-29-10-5-11-30(13-12-29)34(32,33)18-9-4-2-7-16(18)21(25,26)27/h1-4,6-9H,5,10-14H2,(H,28,31). The summed E-state index contributed by atoms with van der Waals surface area (Å²) in [6, 6.07) is 8.39. The van der Waals surface area contributed by atoms with Crippen LogP contribution in [-0.4, -0.2) is 56.3 Å². The van der Waals surface area contributed by atoms with Gasteiger partial charge in [-0.15, -0.1) is 0 Å². The summed E-state index contributed by atoms with van der Waals surface area (Å²) in [7, 11) is -4.46. The SMILES string of the molecule is O=C(CN1CCCN(S(=O)(=O)c2ccccc2C(F)(F)F)CC1)Nc1ccccc1C(F)(F)F. The van der Waals surface area contributed by atoms with Crippen LogP contribution in [0.1, 0.15) is 17.5 Å². The van der Waals surface area contributed by atoms with Crippen LogP contribution in [-0.2, 0) is 27.2 Å². The fraction of sp³-hybridized carbons (Fsp3) is 0.381. The minimum Gasteiger partial charge on any atom is -0.324 e. The molecule has 0 radical (unpaired) electrons. The lowest BCUT2D eigenvalue weighted by atomic mass is 10.1. The van der Waals surface area contributed by atoms with Crippen LogP contribution in [0.4, 0.5) is 32.0 Å². The molecule has 1 fully saturated rings. The second kappa shape index (κ2) is 9.92. The Morgan fingerprint density at radius 1 is 0.824 bits per heavy atom. The van der Waals surface area contributed by atoms with E-state index in [1.54, 1.807) is 0 Å². The third-order valence-electron chi connectivity index (χ3n) is 5.23. The Labute approximate surface area is 192 Å². The van der Waals surface area contributed by atoms with Gasteiger partial charge in [0.2, 0.25) is 15.9 Å². The minimum absolute atomic E-state index is 0.0156. The molecule has 0 spiro atoms. The van der Waals surface area contributed by atoms with Crippen LogP contribution in [0.3, 0.4) is 0 Å². The number of anilines is 1. The van der Waals surface area contributed by atoms with Crippen molar-refractivity contribution in [3.8, 4) is 0 Å². The molecule has 6 nitrogen and oxygen atoms in total. The summed E-state index contributed by atoms with van der Waals surface area (Å²) in [5.41, 5.74) is -2.67. The van der Waals surface area contributed by atoms with Gasteiger partial charge < -0.3 is 5.32 Å². The molecule has 2 aromatic carbocycles. The number of nitrogens with one attached hydrogen (secondary N) is 1. The van der Waals surface area contributed by atoms with Crippen LogP contribution in [0.5, 0.6) is 0 Å². The van der Waals surface area contributed by atoms with Gasteiger partial charge in [0, 0.05) is 19.6 Å². The predicted octanol–water partition coefficient (Wildman–Crippen LogP) is 4.06. The minimum atomic E-state index is -4.85. The van der Waals surface area contributed by atoms with E-state index in [0.717, 1.165) is 28.6 Å². The highest BCUT2D eigenvalue weighted by molar-refractivity contribution is 7.89. The molecular formula is C21H21F6N3O3S. The summed E-state index contributed by atoms with van der Waals surface area (Å²) in [4.78, 5) is 13.0. The van der Waals surface area contributed by atoms with Crippen LogP contribution in [0, 0.1) is 0 Å². The molecule has 1 amide bonds. The summed E-state index contributed by atoms with van der Waals surface area (Å²) >= 11 is 0. The van der Waals surface area contributed by atoms with Crippen molar-refractivity contribution in [2.24, 2.45) is 0 Å². The molecule has 0 bridgehead atoms. The molecule has 1 aliphatic rings. The number of carbonyl (C=O) groups is 1. The van der Waals surface area contributed by atoms with Crippen LogP contribution >= 0.6 is 0 Å². The van der Waals surface area contributed by atoms with Gasteiger partial charge in [0.25, 0.3) is 0 Å². The number of halogens is 6. The van der Waals surface area contributed by atoms with Crippen LogP contribution in [0.25, 0.3) is 0 Å². The molecule has 2 aromatic rings. The van der Waals surface area contributed by atoms with Gasteiger partial charge in [-0.05, 0) is 37.2 Å². The first kappa shape index (κ1) is 26.0. The Morgan fingerprint density at radius 3 is 2.06 bits per heavy atom. The number of sulfonamides is 1. The third-order valence-corrected chi connectivity index (χ3v) is 7.19. The molecule has 1 heterocycles. The zero-order chi connectivity index (χ0) is 25.1. The molecule has 0 atom stereocenters. The number of nitrogens with zero attached hydrogens (tertiary/aromatic N) is 2. The normalized spacial score (nSPS) is 16.8. The van der Waals surface area contributed by atoms with E-state index in [9.17, 15) is 39.6 Å². The first-order valence-corrected chi connectivity index (χ1v) is 11.6. The van der Waals surface area contributed by atoms with E-state index in [1.165, 1.54) is 23.1 Å². The van der Waals surface area contributed by atoms with E-state index in [2.05, 4.69) is 5.32 Å². The fourth-order valence-electron chi connectivity index (χ4n) is 3.64. The first-order chi connectivity index (χ1) is 15.8. The van der Waals surface area contributed by atoms with Crippen molar-refractivity contribution in [1.29, 1.82) is 0 Å². The number of hydrogen-bond acceptors (Lipinski definition) is 4. The topological polar surface area (TPSA) is 69.7 Å². The number of carbonyl (C=O) groups excluding carboxylic acids is 1. The Bertz CT molecular complexity index is 1140. The number of hydrogen-bond donors (Lipinski definition) is 1. The van der Waals surface area contributed by atoms with E-state index in [-0.39, 0.29) is 39.1 Å². The van der Waals surface area contributed by atoms with Crippen molar-refractivity contribution in [3.05, 3.63) is 59.7 Å². The molecule has 1 saturated heterocycles. The van der Waals surface area contributed by atoms with Crippen molar-refractivity contribution in [2.75, 3.05) is 38.0 Å². The lowest BCUT2D eigenvalue weighted by Crippen LogP contribution is -2.38. The number of para-hydroxylation sites is 1. The molecule has 34 heavy (non-hydrogen) atoms. The molecule has 0 aliphatic carbocycles. The lowest BCUT2D eigenvalue weighted by molar-refractivity contribution is -0.140. The Kier molecular flexibility index (Phi) is 7.58. The molecule has 0 aromatic heterocycles. The van der Waals surface area contributed by atoms with Gasteiger partial charge >= 0.3 is 12.4 Å². The highest BCUT2D eigenvalue weighted by Gasteiger charge is 2.39. The summed E-state index contributed by atoms with van der Waals surface area (Å²) in [5, 5.41) is 2.22. The molecule has 1 N–H and O–H groups in total. The van der Waals surface area contributed by atoms with E-state index in [1.807, 2.05) is 0 Å². The summed E-state index contributed by atoms with van der Waals surface area (Å²) in [6.07, 6.45) is -9.29. The monoisotopic (exact) mass is 509 g/mol. The fourth-order valence-corrected chi connectivity index (χ4v) is 5.32. The molecule has 186 valence electrons. The molecule has 0 saturated carbocycles. The quantitative estimate of drug-likeness (QED) is 0.618. The molecule has 3 rings (SSSR count). The van der Waals surface area contributed by atoms with Crippen LogP contribution in [0.2, 0.25) is 0 Å². The molecule has 13 heteroatoms. The zero-order valence-corrected chi connectivity index (χ0v) is 18.5. The first-order valence-electron chi connectivity index (χ1n) is 10.1. The summed E-state index contributed by atoms with van der Waals surface area (Å²) in [5.74, 6) is -0.726. The van der Waals surface area contributed by atoms with Crippen molar-refractivity contribution in [1.82, 2.24) is 9.21 Å². The van der Waals surface area contributed by atoms with Gasteiger partial charge in [0.15, 0.2) is 0 Å². The summed E-state index contributed by atoms with van der Waals surface area (Å²) < 4.78 is 106. The highest BCUT2D eigenvalue weighted by Crippen LogP contribution is 2.36. The van der Waals surface area contributed by atoms with Gasteiger partial charge in [-0.1, -0.05) is 24.3 Å². The Morgan fingerprint density at radius 2 is 1.41 bits per heavy atom. The van der Waals surface area contributed by atoms with Crippen molar-refractivity contribution in [2.45, 2.75) is 23.7 Å². The Balaban J connectivity index is 1.68. The lowest BCUT2D eigenvalue weighted by Gasteiger charge is -2.23. The summed E-state index contributed by atoms with van der Waals surface area (Å²) in [6.45, 7) is -0.299. The number of rotatable bonds is 5. The maximum atomic E-state index is 13.3. The van der Waals surface area contributed by atoms with Gasteiger partial charge in [-0.3, -0.25) is 9.69 Å². The average Bonchev–Trinajstić information content (AvgIpc) is 2.99. The smallest absolute Gasteiger partial charge is 0.324 e. The molecular weight excluding hydrogens is 488 g/mol. The highest BCUT2D eigenvalue weighted by atomic mass is 32.2. The van der Waals surface area contributed by atoms with Crippen molar-refractivity contribution >= 4 is 21.6 Å². The van der Waals surface area contributed by atoms with E-state index in [4.69, 9.17) is 0 Å². The largest absolute Gasteiger partial charge is 0.418 e. The second-order valence-electron chi connectivity index (χ2n) is 7.62. The average molecular weight is 509 g/mol. The maximum absolute atomic E-state index is 13.3. The number of alkyl halides is 6. The van der Waals surface area contributed by atoms with Crippen LogP contribution in [0.15, 0.2) is 53.4 Å². The van der Waals surface area contributed by atoms with Gasteiger partial charge in [-0.25, -0.2) is 8.42 Å². The molecule has 1 aliphatic heterocycles. The maximum Gasteiger partial charge on any atom is 0.418 e. The zero-order valence-electron chi connectivity index (χ0n) is 17.7. The van der Waals surface area contributed by atoms with E-state index >= 15 is 0 Å². The molecule has 0 unspecified atom stereocenters. The van der Waals surface area contributed by atoms with Crippen molar-refractivity contribution in [3.63, 3.8) is 0 Å². The van der Waals surface area contributed by atoms with Crippen LogP contribution < -0.4 is 5.32 Å². The van der Waals surface area contributed by atoms with Gasteiger partial charge in [0.05, 0.1) is 28.3 Å².